The van der Waals surface area contributed by atoms with E-state index in [9.17, 15) is 10.1 Å². The smallest absolute Gasteiger partial charge is 0.259 e. The van der Waals surface area contributed by atoms with E-state index in [-0.39, 0.29) is 11.6 Å². The van der Waals surface area contributed by atoms with Gasteiger partial charge in [-0.15, -0.1) is 0 Å². The number of nitrogens with one attached hydrogen (secondary N) is 1. The second-order valence-corrected chi connectivity index (χ2v) is 11.4. The SMILES string of the molecule is CCCc1c(Cc2ccc(-c3ccccc3C#N)cc2)c(=O)n(C2CCC(NC3CCOCC3)CC2)c2ncnn12. The van der Waals surface area contributed by atoms with Gasteiger partial charge in [0.25, 0.3) is 5.56 Å². The molecule has 8 heteroatoms. The number of ether oxygens (including phenoxy) is 1. The van der Waals surface area contributed by atoms with Gasteiger partial charge in [-0.1, -0.05) is 55.8 Å². The summed E-state index contributed by atoms with van der Waals surface area (Å²) in [7, 11) is 0. The second kappa shape index (κ2) is 12.4. The van der Waals surface area contributed by atoms with E-state index in [1.165, 1.54) is 0 Å². The summed E-state index contributed by atoms with van der Waals surface area (Å²) in [6.45, 7) is 3.82. The Hall–Kier alpha value is -3.80. The number of aryl methyl sites for hydroxylation is 1. The van der Waals surface area contributed by atoms with Crippen molar-refractivity contribution < 1.29 is 4.74 Å². The number of nitriles is 1. The molecule has 2 aromatic heterocycles. The van der Waals surface area contributed by atoms with E-state index in [0.29, 0.717) is 29.8 Å². The van der Waals surface area contributed by atoms with Crippen LogP contribution in [0.25, 0.3) is 16.9 Å². The third-order valence-electron chi connectivity index (χ3n) is 8.76. The molecule has 0 spiro atoms. The highest BCUT2D eigenvalue weighted by atomic mass is 16.5. The lowest BCUT2D eigenvalue weighted by Crippen LogP contribution is -2.44. The van der Waals surface area contributed by atoms with Gasteiger partial charge in [-0.05, 0) is 67.7 Å². The molecule has 0 unspecified atom stereocenters. The first-order chi connectivity index (χ1) is 20.2. The molecule has 2 aromatic carbocycles. The van der Waals surface area contributed by atoms with Gasteiger partial charge in [0.05, 0.1) is 17.3 Å². The van der Waals surface area contributed by atoms with Gasteiger partial charge in [0.15, 0.2) is 0 Å². The summed E-state index contributed by atoms with van der Waals surface area (Å²) < 4.78 is 9.36. The highest BCUT2D eigenvalue weighted by molar-refractivity contribution is 5.70. The molecule has 2 aliphatic rings. The Morgan fingerprint density at radius 2 is 1.73 bits per heavy atom. The van der Waals surface area contributed by atoms with Crippen LogP contribution in [0.15, 0.2) is 59.7 Å². The Kier molecular flexibility index (Phi) is 8.26. The summed E-state index contributed by atoms with van der Waals surface area (Å²) >= 11 is 0. The van der Waals surface area contributed by atoms with Gasteiger partial charge in [-0.3, -0.25) is 9.36 Å². The molecule has 4 aromatic rings. The van der Waals surface area contributed by atoms with Crippen molar-refractivity contribution in [1.29, 1.82) is 5.26 Å². The Labute approximate surface area is 241 Å². The van der Waals surface area contributed by atoms with Crippen molar-refractivity contribution in [3.05, 3.63) is 87.6 Å². The van der Waals surface area contributed by atoms with Gasteiger partial charge < -0.3 is 10.1 Å². The van der Waals surface area contributed by atoms with E-state index in [1.807, 2.05) is 45.5 Å². The number of hydrogen-bond acceptors (Lipinski definition) is 6. The zero-order valence-corrected chi connectivity index (χ0v) is 23.8. The summed E-state index contributed by atoms with van der Waals surface area (Å²) in [4.78, 5) is 18.8. The third-order valence-corrected chi connectivity index (χ3v) is 8.76. The second-order valence-electron chi connectivity index (χ2n) is 11.4. The molecule has 0 amide bonds. The number of nitrogens with zero attached hydrogens (tertiary/aromatic N) is 5. The van der Waals surface area contributed by atoms with Gasteiger partial charge in [0.2, 0.25) is 5.78 Å². The van der Waals surface area contributed by atoms with Crippen molar-refractivity contribution in [3.8, 4) is 17.2 Å². The average molecular weight is 551 g/mol. The Balaban J connectivity index is 1.28. The summed E-state index contributed by atoms with van der Waals surface area (Å²) in [6.07, 6.45) is 9.93. The van der Waals surface area contributed by atoms with E-state index in [2.05, 4.69) is 40.5 Å². The van der Waals surface area contributed by atoms with Gasteiger partial charge in [-0.25, -0.2) is 4.52 Å². The highest BCUT2D eigenvalue weighted by Gasteiger charge is 2.29. The third kappa shape index (κ3) is 5.70. The zero-order chi connectivity index (χ0) is 28.2. The monoisotopic (exact) mass is 550 g/mol. The van der Waals surface area contributed by atoms with Crippen LogP contribution in [-0.2, 0) is 17.6 Å². The van der Waals surface area contributed by atoms with E-state index in [0.717, 1.165) is 92.5 Å². The minimum Gasteiger partial charge on any atom is -0.381 e. The fourth-order valence-electron chi connectivity index (χ4n) is 6.61. The van der Waals surface area contributed by atoms with Gasteiger partial charge in [0, 0.05) is 43.3 Å². The molecule has 1 saturated carbocycles. The van der Waals surface area contributed by atoms with Crippen LogP contribution in [0.5, 0.6) is 0 Å². The first-order valence-electron chi connectivity index (χ1n) is 15.0. The number of hydrogen-bond donors (Lipinski definition) is 1. The first-order valence-corrected chi connectivity index (χ1v) is 15.0. The van der Waals surface area contributed by atoms with E-state index < -0.39 is 0 Å². The fourth-order valence-corrected chi connectivity index (χ4v) is 6.61. The predicted molar refractivity (Wildman–Crippen MR) is 159 cm³/mol. The number of rotatable bonds is 8. The van der Waals surface area contributed by atoms with Crippen LogP contribution < -0.4 is 10.9 Å². The molecule has 3 heterocycles. The van der Waals surface area contributed by atoms with Crippen molar-refractivity contribution in [2.75, 3.05) is 13.2 Å². The molecule has 0 radical (unpaired) electrons. The van der Waals surface area contributed by atoms with Crippen LogP contribution in [0.4, 0.5) is 0 Å². The maximum atomic E-state index is 14.3. The summed E-state index contributed by atoms with van der Waals surface area (Å²) in [5.74, 6) is 0.659. The molecule has 2 fully saturated rings. The topological polar surface area (TPSA) is 97.2 Å². The Bertz CT molecular complexity index is 1590. The normalized spacial score (nSPS) is 19.8. The standard InChI is InChI=1S/C33H38N6O2/c1-2-5-31-30(20-23-8-10-24(11-9-23)29-7-4-3-6-25(29)21-34)32(40)38(33-35-22-36-39(31)33)28-14-12-26(13-15-28)37-27-16-18-41-19-17-27/h3-4,6-11,22,26-28,37H,2,5,12-20H2,1H3. The minimum atomic E-state index is 0.0636. The fraction of sp³-hybridized carbons (Fsp3) is 0.455. The zero-order valence-electron chi connectivity index (χ0n) is 23.8. The van der Waals surface area contributed by atoms with Crippen LogP contribution in [0.2, 0.25) is 0 Å². The molecule has 41 heavy (non-hydrogen) atoms. The van der Waals surface area contributed by atoms with Crippen LogP contribution >= 0.6 is 0 Å². The Morgan fingerprint density at radius 1 is 1.00 bits per heavy atom. The van der Waals surface area contributed by atoms with Crippen LogP contribution in [0.1, 0.15) is 80.3 Å². The molecule has 1 N–H and O–H groups in total. The van der Waals surface area contributed by atoms with Crippen LogP contribution in [-0.4, -0.2) is 44.5 Å². The van der Waals surface area contributed by atoms with E-state index in [1.54, 1.807) is 6.33 Å². The number of benzene rings is 2. The van der Waals surface area contributed by atoms with Crippen molar-refractivity contribution in [2.45, 2.75) is 82.8 Å². The van der Waals surface area contributed by atoms with Crippen molar-refractivity contribution in [1.82, 2.24) is 24.5 Å². The highest BCUT2D eigenvalue weighted by Crippen LogP contribution is 2.30. The lowest BCUT2D eigenvalue weighted by molar-refractivity contribution is 0.0723. The lowest BCUT2D eigenvalue weighted by atomic mass is 9.89. The molecule has 1 aliphatic carbocycles. The van der Waals surface area contributed by atoms with Gasteiger partial charge in [-0.2, -0.15) is 15.3 Å². The molecule has 1 aliphatic heterocycles. The van der Waals surface area contributed by atoms with E-state index in [4.69, 9.17) is 4.74 Å². The molecule has 0 bridgehead atoms. The van der Waals surface area contributed by atoms with Crippen LogP contribution in [0, 0.1) is 11.3 Å². The molecule has 6 rings (SSSR count). The molecular weight excluding hydrogens is 512 g/mol. The largest absolute Gasteiger partial charge is 0.381 e. The molecule has 0 atom stereocenters. The van der Waals surface area contributed by atoms with Gasteiger partial charge >= 0.3 is 0 Å². The number of fused-ring (bicyclic) bond motifs is 1. The maximum absolute atomic E-state index is 14.3. The maximum Gasteiger partial charge on any atom is 0.259 e. The summed E-state index contributed by atoms with van der Waals surface area (Å²) in [5, 5.41) is 18.0. The lowest BCUT2D eigenvalue weighted by Gasteiger charge is -2.34. The average Bonchev–Trinajstić information content (AvgIpc) is 3.50. The first kappa shape index (κ1) is 27.4. The quantitative estimate of drug-likeness (QED) is 0.323. The Morgan fingerprint density at radius 3 is 2.46 bits per heavy atom. The van der Waals surface area contributed by atoms with E-state index >= 15 is 0 Å². The predicted octanol–water partition coefficient (Wildman–Crippen LogP) is 5.23. The van der Waals surface area contributed by atoms with Crippen LogP contribution in [0.3, 0.4) is 0 Å². The summed E-state index contributed by atoms with van der Waals surface area (Å²) in [5.41, 5.74) is 5.45. The molecular formula is C33H38N6O2. The summed E-state index contributed by atoms with van der Waals surface area (Å²) in [6, 6.07) is 19.3. The van der Waals surface area contributed by atoms with Gasteiger partial charge in [0.1, 0.15) is 6.33 Å². The molecule has 1 saturated heterocycles. The van der Waals surface area contributed by atoms with Crippen molar-refractivity contribution >= 4 is 5.78 Å². The minimum absolute atomic E-state index is 0.0636. The van der Waals surface area contributed by atoms with Crippen molar-refractivity contribution in [2.24, 2.45) is 0 Å². The number of aromatic nitrogens is 4. The van der Waals surface area contributed by atoms with Crippen molar-refractivity contribution in [3.63, 3.8) is 0 Å². The molecule has 8 nitrogen and oxygen atoms in total. The molecule has 212 valence electrons.